The quantitative estimate of drug-likeness (QED) is 0.693. The minimum Gasteiger partial charge on any atom is -0.314 e. The molecule has 13 heavy (non-hydrogen) atoms. The summed E-state index contributed by atoms with van der Waals surface area (Å²) in [7, 11) is 0. The summed E-state index contributed by atoms with van der Waals surface area (Å²) in [5.41, 5.74) is 1.04. The number of rotatable bonds is 2. The van der Waals surface area contributed by atoms with Crippen LogP contribution in [0.2, 0.25) is 0 Å². The van der Waals surface area contributed by atoms with E-state index in [0.717, 1.165) is 12.6 Å². The third kappa shape index (κ3) is 3.30. The Morgan fingerprint density at radius 1 is 1.08 bits per heavy atom. The lowest BCUT2D eigenvalue weighted by molar-refractivity contribution is 0.0859. The predicted octanol–water partition coefficient (Wildman–Crippen LogP) is 3.20. The van der Waals surface area contributed by atoms with Gasteiger partial charge in [0.2, 0.25) is 0 Å². The van der Waals surface area contributed by atoms with Gasteiger partial charge in [-0.3, -0.25) is 0 Å². The van der Waals surface area contributed by atoms with Crippen LogP contribution in [0.1, 0.15) is 53.9 Å². The first-order chi connectivity index (χ1) is 5.85. The molecule has 1 nitrogen and oxygen atoms in total. The van der Waals surface area contributed by atoms with E-state index in [4.69, 9.17) is 0 Å². The number of nitrogens with one attached hydrogen (secondary N) is 1. The summed E-state index contributed by atoms with van der Waals surface area (Å²) in [6, 6.07) is 0.740. The Labute approximate surface area is 83.3 Å². The first-order valence-corrected chi connectivity index (χ1v) is 5.58. The molecular formula is C12H25N. The molecular weight excluding hydrogens is 158 g/mol. The molecule has 0 aromatic rings. The molecule has 0 heterocycles. The van der Waals surface area contributed by atoms with E-state index < -0.39 is 0 Å². The number of hydrogen-bond donors (Lipinski definition) is 1. The Hall–Kier alpha value is -0.0400. The molecule has 0 radical (unpaired) electrons. The Morgan fingerprint density at radius 3 is 1.92 bits per heavy atom. The third-order valence-corrected chi connectivity index (χ3v) is 3.05. The Bertz CT molecular complexity index is 154. The summed E-state index contributed by atoms with van der Waals surface area (Å²) in [5.74, 6) is 0. The SMILES string of the molecule is CCNC1CC(C)(C)CC(C)(C)C1. The van der Waals surface area contributed by atoms with Crippen LogP contribution in [0.5, 0.6) is 0 Å². The Balaban J connectivity index is 2.61. The largest absolute Gasteiger partial charge is 0.314 e. The lowest BCUT2D eigenvalue weighted by atomic mass is 9.63. The zero-order valence-electron chi connectivity index (χ0n) is 9.91. The third-order valence-electron chi connectivity index (χ3n) is 3.05. The lowest BCUT2D eigenvalue weighted by Gasteiger charge is -2.45. The van der Waals surface area contributed by atoms with Crippen molar-refractivity contribution in [3.63, 3.8) is 0 Å². The van der Waals surface area contributed by atoms with Crippen LogP contribution in [0.4, 0.5) is 0 Å². The van der Waals surface area contributed by atoms with E-state index in [1.807, 2.05) is 0 Å². The highest BCUT2D eigenvalue weighted by atomic mass is 14.9. The van der Waals surface area contributed by atoms with Crippen molar-refractivity contribution in [3.8, 4) is 0 Å². The van der Waals surface area contributed by atoms with E-state index >= 15 is 0 Å². The summed E-state index contributed by atoms with van der Waals surface area (Å²) in [6.45, 7) is 12.9. The zero-order chi connectivity index (χ0) is 10.1. The van der Waals surface area contributed by atoms with Crippen molar-refractivity contribution in [2.75, 3.05) is 6.54 Å². The second-order valence-corrected chi connectivity index (χ2v) is 6.17. The second kappa shape index (κ2) is 3.61. The van der Waals surface area contributed by atoms with Gasteiger partial charge in [-0.1, -0.05) is 34.6 Å². The van der Waals surface area contributed by atoms with E-state index in [9.17, 15) is 0 Å². The van der Waals surface area contributed by atoms with Gasteiger partial charge in [0.1, 0.15) is 0 Å². The lowest BCUT2D eigenvalue weighted by Crippen LogP contribution is -2.43. The van der Waals surface area contributed by atoms with Gasteiger partial charge in [0.05, 0.1) is 0 Å². The molecule has 0 aromatic carbocycles. The molecule has 0 unspecified atom stereocenters. The fourth-order valence-electron chi connectivity index (χ4n) is 3.28. The van der Waals surface area contributed by atoms with E-state index in [-0.39, 0.29) is 0 Å². The van der Waals surface area contributed by atoms with Crippen molar-refractivity contribution < 1.29 is 0 Å². The van der Waals surface area contributed by atoms with Crippen LogP contribution in [-0.2, 0) is 0 Å². The first-order valence-electron chi connectivity index (χ1n) is 5.58. The predicted molar refractivity (Wildman–Crippen MR) is 58.9 cm³/mol. The standard InChI is InChI=1S/C12H25N/c1-6-13-10-7-11(2,3)9-12(4,5)8-10/h10,13H,6-9H2,1-5H3. The van der Waals surface area contributed by atoms with Crippen molar-refractivity contribution in [2.45, 2.75) is 59.9 Å². The van der Waals surface area contributed by atoms with Crippen LogP contribution in [0.3, 0.4) is 0 Å². The fourth-order valence-corrected chi connectivity index (χ4v) is 3.28. The summed E-state index contributed by atoms with van der Waals surface area (Å²) < 4.78 is 0. The summed E-state index contributed by atoms with van der Waals surface area (Å²) in [5, 5.41) is 3.60. The molecule has 0 aromatic heterocycles. The van der Waals surface area contributed by atoms with Crippen molar-refractivity contribution in [1.29, 1.82) is 0 Å². The minimum atomic E-state index is 0.522. The van der Waals surface area contributed by atoms with E-state index in [2.05, 4.69) is 39.9 Å². The van der Waals surface area contributed by atoms with Gasteiger partial charge in [-0.25, -0.2) is 0 Å². The van der Waals surface area contributed by atoms with Crippen LogP contribution in [0, 0.1) is 10.8 Å². The van der Waals surface area contributed by atoms with Gasteiger partial charge >= 0.3 is 0 Å². The van der Waals surface area contributed by atoms with Crippen molar-refractivity contribution in [1.82, 2.24) is 5.32 Å². The van der Waals surface area contributed by atoms with Gasteiger partial charge in [0, 0.05) is 6.04 Å². The van der Waals surface area contributed by atoms with E-state index in [1.54, 1.807) is 0 Å². The molecule has 0 atom stereocenters. The van der Waals surface area contributed by atoms with Gasteiger partial charge < -0.3 is 5.32 Å². The van der Waals surface area contributed by atoms with Gasteiger partial charge in [-0.15, -0.1) is 0 Å². The van der Waals surface area contributed by atoms with Gasteiger partial charge in [-0.2, -0.15) is 0 Å². The molecule has 1 aliphatic rings. The number of hydrogen-bond acceptors (Lipinski definition) is 1. The minimum absolute atomic E-state index is 0.522. The molecule has 0 spiro atoms. The maximum absolute atomic E-state index is 3.60. The molecule has 0 saturated heterocycles. The zero-order valence-corrected chi connectivity index (χ0v) is 9.91. The average Bonchev–Trinajstić information content (AvgIpc) is 1.78. The highest BCUT2D eigenvalue weighted by molar-refractivity contribution is 4.91. The normalized spacial score (nSPS) is 27.5. The van der Waals surface area contributed by atoms with Crippen LogP contribution in [0.25, 0.3) is 0 Å². The molecule has 0 aliphatic heterocycles. The van der Waals surface area contributed by atoms with Crippen molar-refractivity contribution in [3.05, 3.63) is 0 Å². The van der Waals surface area contributed by atoms with Crippen molar-refractivity contribution in [2.24, 2.45) is 10.8 Å². The molecule has 1 heteroatoms. The fraction of sp³-hybridized carbons (Fsp3) is 1.00. The molecule has 1 saturated carbocycles. The average molecular weight is 183 g/mol. The summed E-state index contributed by atoms with van der Waals surface area (Å²) in [6.07, 6.45) is 4.04. The van der Waals surface area contributed by atoms with Crippen molar-refractivity contribution >= 4 is 0 Å². The maximum atomic E-state index is 3.60. The summed E-state index contributed by atoms with van der Waals surface area (Å²) in [4.78, 5) is 0. The Kier molecular flexibility index (Phi) is 3.06. The molecule has 1 rings (SSSR count). The molecule has 0 bridgehead atoms. The van der Waals surface area contributed by atoms with Gasteiger partial charge in [0.25, 0.3) is 0 Å². The maximum Gasteiger partial charge on any atom is 0.00771 e. The molecule has 1 N–H and O–H groups in total. The monoisotopic (exact) mass is 183 g/mol. The Morgan fingerprint density at radius 2 is 1.54 bits per heavy atom. The molecule has 1 aliphatic carbocycles. The van der Waals surface area contributed by atoms with E-state index in [1.165, 1.54) is 19.3 Å². The second-order valence-electron chi connectivity index (χ2n) is 6.17. The van der Waals surface area contributed by atoms with Crippen LogP contribution < -0.4 is 5.32 Å². The smallest absolute Gasteiger partial charge is 0.00771 e. The van der Waals surface area contributed by atoms with E-state index in [0.29, 0.717) is 10.8 Å². The van der Waals surface area contributed by atoms with Gasteiger partial charge in [0.15, 0.2) is 0 Å². The van der Waals surface area contributed by atoms with Gasteiger partial charge in [-0.05, 0) is 36.6 Å². The highest BCUT2D eigenvalue weighted by Gasteiger charge is 2.37. The topological polar surface area (TPSA) is 12.0 Å². The van der Waals surface area contributed by atoms with Crippen LogP contribution >= 0.6 is 0 Å². The first kappa shape index (κ1) is 11.0. The molecule has 0 amide bonds. The van der Waals surface area contributed by atoms with Crippen LogP contribution in [-0.4, -0.2) is 12.6 Å². The highest BCUT2D eigenvalue weighted by Crippen LogP contribution is 2.45. The summed E-state index contributed by atoms with van der Waals surface area (Å²) >= 11 is 0. The molecule has 1 fully saturated rings. The molecule has 78 valence electrons. The van der Waals surface area contributed by atoms with Crippen LogP contribution in [0.15, 0.2) is 0 Å².